The summed E-state index contributed by atoms with van der Waals surface area (Å²) in [5.41, 5.74) is 2.72. The lowest BCUT2D eigenvalue weighted by molar-refractivity contribution is -0.114. The van der Waals surface area contributed by atoms with Gasteiger partial charge in [-0.15, -0.1) is 0 Å². The molecule has 0 spiro atoms. The molecule has 4 rings (SSSR count). The van der Waals surface area contributed by atoms with E-state index in [0.29, 0.717) is 43.2 Å². The highest BCUT2D eigenvalue weighted by Gasteiger charge is 2.26. The van der Waals surface area contributed by atoms with Crippen molar-refractivity contribution in [1.29, 1.82) is 5.26 Å². The Labute approximate surface area is 211 Å². The molecule has 184 valence electrons. The molecule has 0 fully saturated rings. The largest absolute Gasteiger partial charge is 0.497 e. The number of fused-ring (bicyclic) bond motifs is 1. The van der Waals surface area contributed by atoms with Gasteiger partial charge in [0.25, 0.3) is 5.91 Å². The molecule has 0 saturated carbocycles. The van der Waals surface area contributed by atoms with Crippen molar-refractivity contribution in [3.05, 3.63) is 83.4 Å². The standard InChI is InChI=1S/C29H28N2O5/c1-33-24-8-5-9-25(19-24)35-15-6-16-36-27-12-11-21(18-28(27)34-2)17-23(20-30)29(32)31-14-13-22-7-3-4-10-26(22)31/h3-5,7-12,17-19H,6,13-16H2,1-2H3. The van der Waals surface area contributed by atoms with Crippen molar-refractivity contribution in [2.24, 2.45) is 0 Å². The summed E-state index contributed by atoms with van der Waals surface area (Å²) in [6.07, 6.45) is 3.04. The number of rotatable bonds is 10. The first kappa shape index (κ1) is 24.7. The Bertz CT molecular complexity index is 1290. The van der Waals surface area contributed by atoms with E-state index in [0.717, 1.165) is 29.2 Å². The number of nitriles is 1. The number of anilines is 1. The molecule has 3 aromatic rings. The van der Waals surface area contributed by atoms with Crippen LogP contribution in [0.5, 0.6) is 23.0 Å². The van der Waals surface area contributed by atoms with Gasteiger partial charge in [0.1, 0.15) is 23.1 Å². The molecule has 7 nitrogen and oxygen atoms in total. The van der Waals surface area contributed by atoms with Gasteiger partial charge in [0.15, 0.2) is 11.5 Å². The minimum absolute atomic E-state index is 0.0668. The normalized spacial score (nSPS) is 12.5. The summed E-state index contributed by atoms with van der Waals surface area (Å²) in [4.78, 5) is 14.7. The number of methoxy groups -OCH3 is 2. The van der Waals surface area contributed by atoms with Crippen LogP contribution in [-0.4, -0.2) is 39.9 Å². The average Bonchev–Trinajstić information content (AvgIpc) is 3.36. The van der Waals surface area contributed by atoms with E-state index < -0.39 is 0 Å². The minimum atomic E-state index is -0.308. The summed E-state index contributed by atoms with van der Waals surface area (Å²) in [6.45, 7) is 1.49. The molecule has 1 amide bonds. The Kier molecular flexibility index (Phi) is 8.09. The Morgan fingerprint density at radius 3 is 2.56 bits per heavy atom. The van der Waals surface area contributed by atoms with E-state index in [1.807, 2.05) is 48.5 Å². The van der Waals surface area contributed by atoms with E-state index in [4.69, 9.17) is 18.9 Å². The van der Waals surface area contributed by atoms with Gasteiger partial charge in [0, 0.05) is 24.7 Å². The Balaban J connectivity index is 1.36. The highest BCUT2D eigenvalue weighted by Crippen LogP contribution is 2.31. The molecule has 1 heterocycles. The molecule has 0 aromatic heterocycles. The third kappa shape index (κ3) is 5.78. The highest BCUT2D eigenvalue weighted by molar-refractivity contribution is 6.12. The molecule has 3 aromatic carbocycles. The predicted molar refractivity (Wildman–Crippen MR) is 138 cm³/mol. The SMILES string of the molecule is COc1cccc(OCCCOc2ccc(C=C(C#N)C(=O)N3CCc4ccccc43)cc2OC)c1. The summed E-state index contributed by atoms with van der Waals surface area (Å²) in [7, 11) is 3.17. The van der Waals surface area contributed by atoms with Crippen LogP contribution >= 0.6 is 0 Å². The maximum Gasteiger partial charge on any atom is 0.268 e. The Hall–Kier alpha value is -4.44. The Morgan fingerprint density at radius 2 is 1.75 bits per heavy atom. The van der Waals surface area contributed by atoms with Crippen LogP contribution in [0.15, 0.2) is 72.3 Å². The van der Waals surface area contributed by atoms with Gasteiger partial charge in [-0.1, -0.05) is 30.3 Å². The maximum absolute atomic E-state index is 13.1. The van der Waals surface area contributed by atoms with Crippen molar-refractivity contribution in [3.63, 3.8) is 0 Å². The van der Waals surface area contributed by atoms with E-state index in [1.54, 1.807) is 43.4 Å². The van der Waals surface area contributed by atoms with Crippen LogP contribution in [0.2, 0.25) is 0 Å². The van der Waals surface area contributed by atoms with Crippen LogP contribution in [0.3, 0.4) is 0 Å². The number of nitrogens with zero attached hydrogens (tertiary/aromatic N) is 2. The zero-order chi connectivity index (χ0) is 25.3. The molecule has 0 saturated heterocycles. The van der Waals surface area contributed by atoms with Crippen LogP contribution < -0.4 is 23.8 Å². The second kappa shape index (κ2) is 11.8. The molecule has 0 unspecified atom stereocenters. The van der Waals surface area contributed by atoms with Gasteiger partial charge < -0.3 is 23.8 Å². The molecule has 0 radical (unpaired) electrons. The lowest BCUT2D eigenvalue weighted by Gasteiger charge is -2.16. The molecule has 36 heavy (non-hydrogen) atoms. The van der Waals surface area contributed by atoms with Crippen LogP contribution in [0.25, 0.3) is 6.08 Å². The van der Waals surface area contributed by atoms with Gasteiger partial charge in [-0.05, 0) is 54.0 Å². The first-order valence-corrected chi connectivity index (χ1v) is 11.7. The molecular weight excluding hydrogens is 456 g/mol. The first-order valence-electron chi connectivity index (χ1n) is 11.7. The molecule has 1 aliphatic heterocycles. The van der Waals surface area contributed by atoms with Crippen LogP contribution in [0.1, 0.15) is 17.5 Å². The van der Waals surface area contributed by atoms with E-state index in [2.05, 4.69) is 6.07 Å². The van der Waals surface area contributed by atoms with Crippen molar-refractivity contribution >= 4 is 17.7 Å². The summed E-state index contributed by atoms with van der Waals surface area (Å²) in [6, 6.07) is 22.6. The smallest absolute Gasteiger partial charge is 0.268 e. The summed E-state index contributed by atoms with van der Waals surface area (Å²) in [5, 5.41) is 9.68. The fourth-order valence-corrected chi connectivity index (χ4v) is 4.02. The van der Waals surface area contributed by atoms with Gasteiger partial charge in [0.05, 0.1) is 27.4 Å². The summed E-state index contributed by atoms with van der Waals surface area (Å²) in [5.74, 6) is 2.28. The zero-order valence-electron chi connectivity index (χ0n) is 20.4. The maximum atomic E-state index is 13.1. The van der Waals surface area contributed by atoms with Crippen molar-refractivity contribution in [2.75, 3.05) is 38.9 Å². The lowest BCUT2D eigenvalue weighted by Crippen LogP contribution is -2.29. The van der Waals surface area contributed by atoms with Crippen molar-refractivity contribution < 1.29 is 23.7 Å². The first-order chi connectivity index (χ1) is 17.6. The van der Waals surface area contributed by atoms with Crippen LogP contribution in [0, 0.1) is 11.3 Å². The second-order valence-electron chi connectivity index (χ2n) is 8.15. The summed E-state index contributed by atoms with van der Waals surface area (Å²) >= 11 is 0. The molecular formula is C29H28N2O5. The fourth-order valence-electron chi connectivity index (χ4n) is 4.02. The zero-order valence-corrected chi connectivity index (χ0v) is 20.4. The van der Waals surface area contributed by atoms with Crippen molar-refractivity contribution in [2.45, 2.75) is 12.8 Å². The van der Waals surface area contributed by atoms with Gasteiger partial charge in [0.2, 0.25) is 0 Å². The van der Waals surface area contributed by atoms with E-state index in [9.17, 15) is 10.1 Å². The monoisotopic (exact) mass is 484 g/mol. The van der Waals surface area contributed by atoms with Crippen molar-refractivity contribution in [1.82, 2.24) is 0 Å². The van der Waals surface area contributed by atoms with Gasteiger partial charge in [-0.25, -0.2) is 0 Å². The molecule has 0 aliphatic carbocycles. The van der Waals surface area contributed by atoms with E-state index in [1.165, 1.54) is 0 Å². The number of para-hydroxylation sites is 1. The Morgan fingerprint density at radius 1 is 0.944 bits per heavy atom. The number of hydrogen-bond acceptors (Lipinski definition) is 6. The van der Waals surface area contributed by atoms with Crippen LogP contribution in [-0.2, 0) is 11.2 Å². The number of carbonyl (C=O) groups is 1. The third-order valence-electron chi connectivity index (χ3n) is 5.84. The van der Waals surface area contributed by atoms with Crippen LogP contribution in [0.4, 0.5) is 5.69 Å². The molecule has 0 N–H and O–H groups in total. The van der Waals surface area contributed by atoms with Gasteiger partial charge >= 0.3 is 0 Å². The molecule has 7 heteroatoms. The average molecular weight is 485 g/mol. The number of carbonyl (C=O) groups excluding carboxylic acids is 1. The van der Waals surface area contributed by atoms with Crippen molar-refractivity contribution in [3.8, 4) is 29.1 Å². The number of amides is 1. The topological polar surface area (TPSA) is 81.0 Å². The highest BCUT2D eigenvalue weighted by atomic mass is 16.5. The predicted octanol–water partition coefficient (Wildman–Crippen LogP) is 5.05. The summed E-state index contributed by atoms with van der Waals surface area (Å²) < 4.78 is 22.3. The van der Waals surface area contributed by atoms with E-state index >= 15 is 0 Å². The number of hydrogen-bond donors (Lipinski definition) is 0. The van der Waals surface area contributed by atoms with Gasteiger partial charge in [-0.3, -0.25) is 4.79 Å². The van der Waals surface area contributed by atoms with Gasteiger partial charge in [-0.2, -0.15) is 5.26 Å². The quantitative estimate of drug-likeness (QED) is 0.228. The third-order valence-corrected chi connectivity index (χ3v) is 5.84. The second-order valence-corrected chi connectivity index (χ2v) is 8.15. The minimum Gasteiger partial charge on any atom is -0.497 e. The van der Waals surface area contributed by atoms with E-state index in [-0.39, 0.29) is 11.5 Å². The molecule has 1 aliphatic rings. The molecule has 0 bridgehead atoms. The number of benzene rings is 3. The lowest BCUT2D eigenvalue weighted by atomic mass is 10.1. The number of ether oxygens (including phenoxy) is 4. The molecule has 0 atom stereocenters. The fraction of sp³-hybridized carbons (Fsp3) is 0.241.